The molecule has 1 aliphatic rings. The summed E-state index contributed by atoms with van der Waals surface area (Å²) in [6.45, 7) is 2.93. The van der Waals surface area contributed by atoms with Gasteiger partial charge in [-0.15, -0.1) is 0 Å². The summed E-state index contributed by atoms with van der Waals surface area (Å²) in [4.78, 5) is 30.1. The maximum Gasteiger partial charge on any atom is 0.318 e. The quantitative estimate of drug-likeness (QED) is 0.558. The van der Waals surface area contributed by atoms with E-state index < -0.39 is 30.6 Å². The lowest BCUT2D eigenvalue weighted by Crippen LogP contribution is -2.57. The number of ketones is 1. The van der Waals surface area contributed by atoms with Crippen molar-refractivity contribution in [3.05, 3.63) is 59.7 Å². The van der Waals surface area contributed by atoms with E-state index >= 15 is 0 Å². The van der Waals surface area contributed by atoms with Crippen molar-refractivity contribution in [1.29, 1.82) is 0 Å². The van der Waals surface area contributed by atoms with Gasteiger partial charge in [0.15, 0.2) is 5.78 Å². The zero-order chi connectivity index (χ0) is 24.7. The summed E-state index contributed by atoms with van der Waals surface area (Å²) in [5, 5.41) is 21.3. The number of anilines is 2. The van der Waals surface area contributed by atoms with E-state index in [1.54, 1.807) is 4.90 Å². The first-order valence-corrected chi connectivity index (χ1v) is 11.3. The van der Waals surface area contributed by atoms with Crippen molar-refractivity contribution < 1.29 is 19.8 Å². The molecule has 1 saturated heterocycles. The van der Waals surface area contributed by atoms with Crippen molar-refractivity contribution in [3.8, 4) is 11.8 Å². The van der Waals surface area contributed by atoms with Gasteiger partial charge in [-0.2, -0.15) is 0 Å². The molecular weight excluding hydrogens is 432 g/mol. The summed E-state index contributed by atoms with van der Waals surface area (Å²) in [7, 11) is 4.01. The Labute approximate surface area is 200 Å². The average molecular weight is 465 g/mol. The Bertz CT molecular complexity index is 1030. The number of benzene rings is 2. The molecule has 180 valence electrons. The number of nitrogens with zero attached hydrogens (tertiary/aromatic N) is 3. The first-order chi connectivity index (χ1) is 16.3. The van der Waals surface area contributed by atoms with Crippen LogP contribution in [-0.2, 0) is 4.79 Å². The number of aliphatic hydroxyl groups is 2. The molecular formula is C26H32N4O4. The molecule has 34 heavy (non-hydrogen) atoms. The number of aliphatic hydroxyl groups excluding tert-OH is 2. The van der Waals surface area contributed by atoms with Crippen LogP contribution in [0.1, 0.15) is 18.1 Å². The predicted molar refractivity (Wildman–Crippen MR) is 133 cm³/mol. The summed E-state index contributed by atoms with van der Waals surface area (Å²) in [6, 6.07) is 14.6. The second kappa shape index (κ2) is 11.5. The fourth-order valence-corrected chi connectivity index (χ4v) is 3.70. The molecule has 0 radical (unpaired) electrons. The highest BCUT2D eigenvalue weighted by Crippen LogP contribution is 2.18. The zero-order valence-electron chi connectivity index (χ0n) is 19.9. The number of hydrogen-bond acceptors (Lipinski definition) is 6. The van der Waals surface area contributed by atoms with E-state index in [4.69, 9.17) is 5.11 Å². The number of nitrogens with one attached hydrogen (secondary N) is 1. The highest BCUT2D eigenvalue weighted by molar-refractivity contribution is 5.89. The zero-order valence-corrected chi connectivity index (χ0v) is 19.9. The molecule has 3 N–H and O–H groups in total. The Hall–Kier alpha value is -3.54. The van der Waals surface area contributed by atoms with Crippen LogP contribution in [0.4, 0.5) is 16.2 Å². The van der Waals surface area contributed by atoms with E-state index in [9.17, 15) is 14.7 Å². The third kappa shape index (κ3) is 6.50. The van der Waals surface area contributed by atoms with Crippen molar-refractivity contribution in [2.45, 2.75) is 19.1 Å². The van der Waals surface area contributed by atoms with Crippen LogP contribution < -0.4 is 15.1 Å². The number of carbonyl (C=O) groups excluding carboxylic acids is 2. The standard InChI is InChI=1S/C26H32N4O4/c1-19(32)25(24(33)18-31)27-26(34)30-16-14-29(15-17-30)23-12-8-21(9-13-23)5-4-20-6-10-22(11-7-20)28(2)3/h6-13,19,25,31-32H,14-18H2,1-3H3,(H,27,34)/t19-,25+/m0/s1. The van der Waals surface area contributed by atoms with Gasteiger partial charge < -0.3 is 30.2 Å². The number of Topliss-reactive ketones (excluding diaryl/α,β-unsaturated/α-hetero) is 1. The topological polar surface area (TPSA) is 96.4 Å². The lowest BCUT2D eigenvalue weighted by atomic mass is 10.1. The van der Waals surface area contributed by atoms with Gasteiger partial charge in [0.05, 0.1) is 6.10 Å². The van der Waals surface area contributed by atoms with Crippen molar-refractivity contribution >= 4 is 23.2 Å². The Morgan fingerprint density at radius 1 is 0.971 bits per heavy atom. The Kier molecular flexibility index (Phi) is 8.52. The number of urea groups is 1. The van der Waals surface area contributed by atoms with Gasteiger partial charge >= 0.3 is 6.03 Å². The molecule has 1 heterocycles. The molecule has 1 aliphatic heterocycles. The first-order valence-electron chi connectivity index (χ1n) is 11.3. The molecule has 3 rings (SSSR count). The van der Waals surface area contributed by atoms with Gasteiger partial charge in [0.1, 0.15) is 12.6 Å². The highest BCUT2D eigenvalue weighted by Gasteiger charge is 2.28. The third-order valence-corrected chi connectivity index (χ3v) is 5.80. The minimum Gasteiger partial charge on any atom is -0.391 e. The van der Waals surface area contributed by atoms with Crippen LogP contribution in [0, 0.1) is 11.8 Å². The average Bonchev–Trinajstić information content (AvgIpc) is 2.86. The smallest absolute Gasteiger partial charge is 0.318 e. The summed E-state index contributed by atoms with van der Waals surface area (Å²) in [6.07, 6.45) is -1.08. The molecule has 2 aromatic rings. The molecule has 0 spiro atoms. The van der Waals surface area contributed by atoms with Crippen LogP contribution in [0.5, 0.6) is 0 Å². The maximum absolute atomic E-state index is 12.5. The van der Waals surface area contributed by atoms with Crippen molar-refractivity contribution in [3.63, 3.8) is 0 Å². The molecule has 2 aromatic carbocycles. The SMILES string of the molecule is C[C@H](O)[C@@H](NC(=O)N1CCN(c2ccc(C#Cc3ccc(N(C)C)cc3)cc2)CC1)C(=O)CO. The third-order valence-electron chi connectivity index (χ3n) is 5.80. The second-order valence-corrected chi connectivity index (χ2v) is 8.50. The lowest BCUT2D eigenvalue weighted by molar-refractivity contribution is -0.125. The van der Waals surface area contributed by atoms with E-state index in [2.05, 4.69) is 22.1 Å². The first kappa shape index (κ1) is 25.1. The Morgan fingerprint density at radius 2 is 1.50 bits per heavy atom. The molecule has 8 nitrogen and oxygen atoms in total. The van der Waals surface area contributed by atoms with Gasteiger partial charge in [-0.1, -0.05) is 11.8 Å². The number of piperazine rings is 1. The van der Waals surface area contributed by atoms with E-state index in [1.807, 2.05) is 67.5 Å². The van der Waals surface area contributed by atoms with Crippen LogP contribution in [0.25, 0.3) is 0 Å². The van der Waals surface area contributed by atoms with E-state index in [0.29, 0.717) is 26.2 Å². The van der Waals surface area contributed by atoms with Gasteiger partial charge in [0.2, 0.25) is 0 Å². The molecule has 0 aromatic heterocycles. The molecule has 0 saturated carbocycles. The van der Waals surface area contributed by atoms with Crippen LogP contribution in [0.15, 0.2) is 48.5 Å². The fraction of sp³-hybridized carbons (Fsp3) is 0.385. The van der Waals surface area contributed by atoms with Gasteiger partial charge in [0.25, 0.3) is 0 Å². The number of rotatable bonds is 6. The normalized spacial score (nSPS) is 15.1. The van der Waals surface area contributed by atoms with Crippen LogP contribution in [0.2, 0.25) is 0 Å². The van der Waals surface area contributed by atoms with E-state index in [1.165, 1.54) is 6.92 Å². The fourth-order valence-electron chi connectivity index (χ4n) is 3.70. The van der Waals surface area contributed by atoms with Gasteiger partial charge in [-0.05, 0) is 55.5 Å². The monoisotopic (exact) mass is 464 g/mol. The predicted octanol–water partition coefficient (Wildman–Crippen LogP) is 1.29. The van der Waals surface area contributed by atoms with Gasteiger partial charge in [0, 0.05) is 62.8 Å². The summed E-state index contributed by atoms with van der Waals surface area (Å²) in [5.41, 5.74) is 4.07. The minimum absolute atomic E-state index is 0.420. The summed E-state index contributed by atoms with van der Waals surface area (Å²) in [5.74, 6) is 5.77. The van der Waals surface area contributed by atoms with E-state index in [0.717, 1.165) is 22.5 Å². The van der Waals surface area contributed by atoms with Gasteiger partial charge in [-0.3, -0.25) is 4.79 Å². The minimum atomic E-state index is -1.12. The molecule has 1 fully saturated rings. The van der Waals surface area contributed by atoms with Crippen LogP contribution >= 0.6 is 0 Å². The molecule has 8 heteroatoms. The molecule has 2 amide bonds. The second-order valence-electron chi connectivity index (χ2n) is 8.50. The molecule has 0 bridgehead atoms. The Balaban J connectivity index is 1.54. The summed E-state index contributed by atoms with van der Waals surface area (Å²) >= 11 is 0. The van der Waals surface area contributed by atoms with Crippen molar-refractivity contribution in [2.24, 2.45) is 0 Å². The molecule has 0 unspecified atom stereocenters. The van der Waals surface area contributed by atoms with Crippen molar-refractivity contribution in [1.82, 2.24) is 10.2 Å². The van der Waals surface area contributed by atoms with Crippen LogP contribution in [-0.4, -0.2) is 86.0 Å². The summed E-state index contributed by atoms with van der Waals surface area (Å²) < 4.78 is 0. The highest BCUT2D eigenvalue weighted by atomic mass is 16.3. The molecule has 0 aliphatic carbocycles. The largest absolute Gasteiger partial charge is 0.391 e. The van der Waals surface area contributed by atoms with Crippen molar-refractivity contribution in [2.75, 3.05) is 56.7 Å². The molecule has 2 atom stereocenters. The Morgan fingerprint density at radius 3 is 1.97 bits per heavy atom. The number of hydrogen-bond donors (Lipinski definition) is 3. The lowest BCUT2D eigenvalue weighted by Gasteiger charge is -2.36. The van der Waals surface area contributed by atoms with E-state index in [-0.39, 0.29) is 0 Å². The van der Waals surface area contributed by atoms with Crippen LogP contribution in [0.3, 0.4) is 0 Å². The van der Waals surface area contributed by atoms with Gasteiger partial charge in [-0.25, -0.2) is 4.79 Å². The number of carbonyl (C=O) groups is 2. The number of amides is 2. The maximum atomic E-state index is 12.5.